The van der Waals surface area contributed by atoms with Crippen LogP contribution in [0.15, 0.2) is 49.2 Å². The first-order chi connectivity index (χ1) is 13.5. The number of anilines is 1. The molecule has 28 heavy (non-hydrogen) atoms. The minimum Gasteiger partial charge on any atom is -0.456 e. The zero-order chi connectivity index (χ0) is 19.6. The molecule has 0 spiro atoms. The van der Waals surface area contributed by atoms with Crippen molar-refractivity contribution >= 4 is 17.8 Å². The van der Waals surface area contributed by atoms with E-state index >= 15 is 0 Å². The molecule has 0 unspecified atom stereocenters. The third-order valence-electron chi connectivity index (χ3n) is 4.09. The molecule has 0 radical (unpaired) electrons. The summed E-state index contributed by atoms with van der Waals surface area (Å²) in [6.07, 6.45) is 6.98. The fourth-order valence-corrected chi connectivity index (χ4v) is 2.38. The van der Waals surface area contributed by atoms with Gasteiger partial charge in [-0.25, -0.2) is 14.8 Å². The molecule has 1 aliphatic carbocycles. The number of carbonyl (C=O) groups is 2. The Bertz CT molecular complexity index is 999. The topological polar surface area (TPSA) is 142 Å². The van der Waals surface area contributed by atoms with Gasteiger partial charge in [0.05, 0.1) is 30.1 Å². The van der Waals surface area contributed by atoms with E-state index in [1.807, 2.05) is 0 Å². The lowest BCUT2D eigenvalue weighted by Gasteiger charge is -2.10. The van der Waals surface area contributed by atoms with Crippen molar-refractivity contribution in [3.05, 3.63) is 49.2 Å². The van der Waals surface area contributed by atoms with Gasteiger partial charge in [-0.15, -0.1) is 0 Å². The van der Waals surface area contributed by atoms with Crippen LogP contribution in [0.25, 0.3) is 11.4 Å². The van der Waals surface area contributed by atoms with Gasteiger partial charge in [0, 0.05) is 12.3 Å². The van der Waals surface area contributed by atoms with Gasteiger partial charge in [0.1, 0.15) is 22.9 Å². The van der Waals surface area contributed by atoms with Crippen LogP contribution in [0.3, 0.4) is 0 Å². The average Bonchev–Trinajstić information content (AvgIpc) is 3.21. The Morgan fingerprint density at radius 2 is 2.00 bits per heavy atom. The van der Waals surface area contributed by atoms with Gasteiger partial charge in [0.2, 0.25) is 0 Å². The van der Waals surface area contributed by atoms with Crippen molar-refractivity contribution in [2.75, 3.05) is 5.32 Å². The van der Waals surface area contributed by atoms with Crippen LogP contribution in [0.1, 0.15) is 12.8 Å². The number of imidazole rings is 1. The summed E-state index contributed by atoms with van der Waals surface area (Å²) in [5.74, 6) is 0.531. The van der Waals surface area contributed by atoms with Crippen molar-refractivity contribution in [3.8, 4) is 22.9 Å². The molecule has 3 amide bonds. The number of aliphatic hydroxyl groups is 1. The highest BCUT2D eigenvalue weighted by Gasteiger charge is 2.48. The smallest absolute Gasteiger partial charge is 0.327 e. The van der Waals surface area contributed by atoms with Gasteiger partial charge in [-0.2, -0.15) is 0 Å². The minimum atomic E-state index is -1.41. The lowest BCUT2D eigenvalue weighted by atomic mass is 10.3. The van der Waals surface area contributed by atoms with E-state index in [-0.39, 0.29) is 5.82 Å². The van der Waals surface area contributed by atoms with Crippen LogP contribution in [-0.2, 0) is 4.79 Å². The van der Waals surface area contributed by atoms with E-state index < -0.39 is 17.5 Å². The van der Waals surface area contributed by atoms with Crippen LogP contribution >= 0.6 is 0 Å². The summed E-state index contributed by atoms with van der Waals surface area (Å²) in [6.45, 7) is 0. The van der Waals surface area contributed by atoms with Crippen LogP contribution < -0.4 is 15.4 Å². The predicted molar refractivity (Wildman–Crippen MR) is 97.5 cm³/mol. The zero-order valence-electron chi connectivity index (χ0n) is 14.5. The SMILES string of the molecule is O=C(NC(=O)C1(O)CC1)Nc1ccc(Oc2ccnc(-c3cnc[nH]3)c2)cn1. The Labute approximate surface area is 159 Å². The number of hydrogen-bond donors (Lipinski definition) is 4. The summed E-state index contributed by atoms with van der Waals surface area (Å²) in [7, 11) is 0. The molecule has 10 nitrogen and oxygen atoms in total. The lowest BCUT2D eigenvalue weighted by molar-refractivity contribution is -0.130. The number of aromatic amines is 1. The number of carbonyl (C=O) groups excluding carboxylic acids is 2. The quantitative estimate of drug-likeness (QED) is 0.529. The number of hydrogen-bond acceptors (Lipinski definition) is 7. The van der Waals surface area contributed by atoms with E-state index in [4.69, 9.17) is 4.74 Å². The maximum absolute atomic E-state index is 11.8. The van der Waals surface area contributed by atoms with Gasteiger partial charge in [-0.1, -0.05) is 0 Å². The van der Waals surface area contributed by atoms with E-state index in [0.29, 0.717) is 30.0 Å². The summed E-state index contributed by atoms with van der Waals surface area (Å²) in [6, 6.07) is 5.84. The molecule has 142 valence electrons. The van der Waals surface area contributed by atoms with Crippen LogP contribution in [0, 0.1) is 0 Å². The molecule has 1 fully saturated rings. The zero-order valence-corrected chi connectivity index (χ0v) is 14.5. The van der Waals surface area contributed by atoms with Crippen LogP contribution in [-0.4, -0.2) is 42.6 Å². The van der Waals surface area contributed by atoms with E-state index in [9.17, 15) is 14.7 Å². The molecule has 1 saturated carbocycles. The standard InChI is InChI=1S/C18H16N6O4/c25-16(18(27)4-5-18)24-17(26)23-15-2-1-12(8-21-15)28-11-3-6-20-13(7-11)14-9-19-10-22-14/h1-3,6-10,27H,4-5H2,(H,19,22)(H2,21,23,24,25,26). The number of nitrogens with zero attached hydrogens (tertiary/aromatic N) is 3. The van der Waals surface area contributed by atoms with E-state index in [0.717, 1.165) is 5.69 Å². The lowest BCUT2D eigenvalue weighted by Crippen LogP contribution is -2.42. The summed E-state index contributed by atoms with van der Waals surface area (Å²) < 4.78 is 5.74. The first kappa shape index (κ1) is 17.6. The van der Waals surface area contributed by atoms with Gasteiger partial charge < -0.3 is 14.8 Å². The third kappa shape index (κ3) is 3.96. The number of pyridine rings is 2. The van der Waals surface area contributed by atoms with Gasteiger partial charge in [0.25, 0.3) is 5.91 Å². The molecule has 4 rings (SSSR count). The van der Waals surface area contributed by atoms with Gasteiger partial charge in [-0.05, 0) is 31.0 Å². The molecule has 0 atom stereocenters. The van der Waals surface area contributed by atoms with Crippen molar-refractivity contribution in [3.63, 3.8) is 0 Å². The number of ether oxygens (including phenoxy) is 1. The number of amides is 3. The van der Waals surface area contributed by atoms with E-state index in [1.54, 1.807) is 36.9 Å². The van der Waals surface area contributed by atoms with E-state index in [1.165, 1.54) is 12.3 Å². The number of nitrogens with one attached hydrogen (secondary N) is 3. The Balaban J connectivity index is 1.36. The van der Waals surface area contributed by atoms with Crippen molar-refractivity contribution < 1.29 is 19.4 Å². The molecule has 0 bridgehead atoms. The largest absolute Gasteiger partial charge is 0.456 e. The summed E-state index contributed by atoms with van der Waals surface area (Å²) in [5.41, 5.74) is 0.0293. The number of aromatic nitrogens is 4. The fourth-order valence-electron chi connectivity index (χ4n) is 2.38. The molecule has 0 aromatic carbocycles. The Kier molecular flexibility index (Phi) is 4.45. The molecule has 1 aliphatic rings. The summed E-state index contributed by atoms with van der Waals surface area (Å²) in [5, 5.41) is 14.1. The number of imide groups is 1. The summed E-state index contributed by atoms with van der Waals surface area (Å²) >= 11 is 0. The average molecular weight is 380 g/mol. The van der Waals surface area contributed by atoms with Crippen LogP contribution in [0.2, 0.25) is 0 Å². The Hall–Kier alpha value is -3.79. The first-order valence-electron chi connectivity index (χ1n) is 8.45. The first-order valence-corrected chi connectivity index (χ1v) is 8.45. The molecular weight excluding hydrogens is 364 g/mol. The molecule has 3 aromatic heterocycles. The van der Waals surface area contributed by atoms with E-state index in [2.05, 4.69) is 30.6 Å². The van der Waals surface area contributed by atoms with Gasteiger partial charge >= 0.3 is 6.03 Å². The Morgan fingerprint density at radius 3 is 2.68 bits per heavy atom. The molecule has 3 aromatic rings. The highest BCUT2D eigenvalue weighted by Crippen LogP contribution is 2.35. The highest BCUT2D eigenvalue weighted by molar-refractivity contribution is 6.04. The second kappa shape index (κ2) is 7.08. The van der Waals surface area contributed by atoms with Crippen LogP contribution in [0.4, 0.5) is 10.6 Å². The van der Waals surface area contributed by atoms with Crippen molar-refractivity contribution in [2.45, 2.75) is 18.4 Å². The molecule has 10 heteroatoms. The van der Waals surface area contributed by atoms with Gasteiger partial charge in [-0.3, -0.25) is 20.4 Å². The second-order valence-electron chi connectivity index (χ2n) is 6.26. The molecule has 4 N–H and O–H groups in total. The monoisotopic (exact) mass is 380 g/mol. The van der Waals surface area contributed by atoms with Crippen molar-refractivity contribution in [1.82, 2.24) is 25.3 Å². The fraction of sp³-hybridized carbons (Fsp3) is 0.167. The normalized spacial score (nSPS) is 14.2. The number of urea groups is 1. The molecular formula is C18H16N6O4. The third-order valence-corrected chi connectivity index (χ3v) is 4.09. The van der Waals surface area contributed by atoms with Crippen LogP contribution in [0.5, 0.6) is 11.5 Å². The Morgan fingerprint density at radius 1 is 1.14 bits per heavy atom. The minimum absolute atomic E-state index is 0.230. The molecule has 3 heterocycles. The molecule has 0 aliphatic heterocycles. The second-order valence-corrected chi connectivity index (χ2v) is 6.26. The highest BCUT2D eigenvalue weighted by atomic mass is 16.5. The summed E-state index contributed by atoms with van der Waals surface area (Å²) in [4.78, 5) is 38.7. The predicted octanol–water partition coefficient (Wildman–Crippen LogP) is 1.83. The number of H-pyrrole nitrogens is 1. The van der Waals surface area contributed by atoms with Gasteiger partial charge in [0.15, 0.2) is 0 Å². The molecule has 0 saturated heterocycles. The van der Waals surface area contributed by atoms with Crippen molar-refractivity contribution in [1.29, 1.82) is 0 Å². The maximum Gasteiger partial charge on any atom is 0.327 e. The number of rotatable bonds is 5. The van der Waals surface area contributed by atoms with Crippen molar-refractivity contribution in [2.24, 2.45) is 0 Å². The maximum atomic E-state index is 11.8.